The van der Waals surface area contributed by atoms with Gasteiger partial charge in [0.15, 0.2) is 0 Å². The highest BCUT2D eigenvalue weighted by Gasteiger charge is 2.47. The van der Waals surface area contributed by atoms with E-state index in [-0.39, 0.29) is 25.7 Å². The zero-order valence-electron chi connectivity index (χ0n) is 70.6. The number of aromatic nitrogens is 4. The molecule has 0 unspecified atom stereocenters. The van der Waals surface area contributed by atoms with Crippen LogP contribution in [0.3, 0.4) is 0 Å². The average molecular weight is 1800 g/mol. The molecule has 8 aromatic carbocycles. The lowest BCUT2D eigenvalue weighted by Gasteiger charge is -2.40. The summed E-state index contributed by atoms with van der Waals surface area (Å²) in [6.07, 6.45) is -18.0. The van der Waals surface area contributed by atoms with Gasteiger partial charge in [-0.25, -0.2) is 9.97 Å². The number of anilines is 4. The van der Waals surface area contributed by atoms with Gasteiger partial charge in [0.25, 0.3) is 23.6 Å². The number of H-pyrrole nitrogens is 2. The Morgan fingerprint density at radius 2 is 0.424 bits per heavy atom. The van der Waals surface area contributed by atoms with E-state index in [1.807, 2.05) is 48.6 Å². The van der Waals surface area contributed by atoms with Crippen molar-refractivity contribution in [2.45, 2.75) is 148 Å². The fourth-order valence-electron chi connectivity index (χ4n) is 17.6. The number of rotatable bonds is 24. The first-order valence-electron chi connectivity index (χ1n) is 43.2. The number of aliphatic hydroxyl groups excluding tert-OH is 16. The quantitative estimate of drug-likeness (QED) is 0.0336. The van der Waals surface area contributed by atoms with Gasteiger partial charge in [0.1, 0.15) is 97.7 Å². The molecule has 6 aliphatic rings. The Morgan fingerprint density at radius 1 is 0.242 bits per heavy atom. The van der Waals surface area contributed by atoms with Crippen LogP contribution in [0.25, 0.3) is 90.9 Å². The Labute approximate surface area is 754 Å². The minimum atomic E-state index is -1.54. The summed E-state index contributed by atoms with van der Waals surface area (Å²) in [5.74, 6) is -1.78. The van der Waals surface area contributed by atoms with Crippen LogP contribution >= 0.6 is 0 Å². The van der Waals surface area contributed by atoms with E-state index < -0.39 is 172 Å². The van der Waals surface area contributed by atoms with E-state index in [1.165, 1.54) is 0 Å². The monoisotopic (exact) mass is 1790 g/mol. The first kappa shape index (κ1) is 91.3. The number of benzene rings is 8. The minimum Gasteiger partial charge on any atom is -0.394 e. The lowest BCUT2D eigenvalue weighted by molar-refractivity contribution is -0.228. The molecular weight excluding hydrogens is 1700 g/mol. The van der Waals surface area contributed by atoms with E-state index in [0.29, 0.717) is 157 Å². The van der Waals surface area contributed by atoms with E-state index in [2.05, 4.69) is 31.2 Å². The maximum atomic E-state index is 14.2. The van der Waals surface area contributed by atoms with Gasteiger partial charge >= 0.3 is 0 Å². The molecular formula is C100H98N8O24. The van der Waals surface area contributed by atoms with Gasteiger partial charge in [-0.2, -0.15) is 0 Å². The first-order chi connectivity index (χ1) is 63.8. The molecule has 17 rings (SSSR count). The third-order valence-corrected chi connectivity index (χ3v) is 25.1. The molecule has 4 amide bonds. The van der Waals surface area contributed by atoms with Crippen molar-refractivity contribution in [3.05, 3.63) is 286 Å². The second-order valence-electron chi connectivity index (χ2n) is 33.7. The predicted octanol–water partition coefficient (Wildman–Crippen LogP) is 5.87. The molecule has 8 bridgehead atoms. The molecule has 20 atom stereocenters. The van der Waals surface area contributed by atoms with Crippen LogP contribution in [0.15, 0.2) is 218 Å². The van der Waals surface area contributed by atoms with Gasteiger partial charge in [-0.3, -0.25) is 19.2 Å². The van der Waals surface area contributed by atoms with Gasteiger partial charge in [0.05, 0.1) is 73.6 Å². The fourth-order valence-corrected chi connectivity index (χ4v) is 17.6. The SMILES string of the molecule is O=C(Nc1ccc(C[C@@H]2O[C@H](CO)[C@H](O)[C@H](O)[C@H]2O)cc1)c1ccc(-c2c3nc(c(-c4ccc(C(=O)Nc5ccc(C[C@@H]6O[C@H](CO)[C@H](O)[C@H](O)[C@H]6O)cc5)cc4)c4ccc([nH]4)c(-c4ccc(C(=O)Nc5ccc(C[C@@H]6O[C@H](CO)[C@H](O)[C@H](O)[C@H]6O)cc5)cc4)c4nc(c(-c5ccc(C(=O)Nc6ccc(C[C@@H]7O[C@H](CO)[C@H](O)[C@H](O)[C@H]7O)cc6)cc5)c5ccc2[nH]5)C=C4)C=C3)cc1. The molecule has 22 N–H and O–H groups in total. The van der Waals surface area contributed by atoms with Gasteiger partial charge in [0, 0.05) is 115 Å². The number of amides is 4. The molecule has 32 nitrogen and oxygen atoms in total. The maximum absolute atomic E-state index is 14.2. The van der Waals surface area contributed by atoms with Crippen molar-refractivity contribution >= 4 is 92.7 Å². The van der Waals surface area contributed by atoms with Gasteiger partial charge in [-0.15, -0.1) is 0 Å². The summed E-state index contributed by atoms with van der Waals surface area (Å²) in [6, 6.07) is 62.7. The van der Waals surface area contributed by atoms with Crippen molar-refractivity contribution < 1.29 is 120 Å². The Morgan fingerprint density at radius 3 is 0.606 bits per heavy atom. The van der Waals surface area contributed by atoms with E-state index in [1.54, 1.807) is 194 Å². The Balaban J connectivity index is 0.735. The Bertz CT molecular complexity index is 5510. The number of hydrogen-bond acceptors (Lipinski definition) is 26. The van der Waals surface area contributed by atoms with Crippen molar-refractivity contribution in [1.82, 2.24) is 19.9 Å². The lowest BCUT2D eigenvalue weighted by Crippen LogP contribution is -2.58. The number of nitrogens with one attached hydrogen (secondary N) is 6. The normalized spacial score (nSPS) is 25.8. The largest absolute Gasteiger partial charge is 0.394 e. The number of hydrogen-bond donors (Lipinski definition) is 22. The van der Waals surface area contributed by atoms with Crippen LogP contribution in [0.2, 0.25) is 0 Å². The van der Waals surface area contributed by atoms with E-state index in [0.717, 1.165) is 0 Å². The van der Waals surface area contributed by atoms with Crippen molar-refractivity contribution in [1.29, 1.82) is 0 Å². The third-order valence-electron chi connectivity index (χ3n) is 25.1. The van der Waals surface area contributed by atoms with Crippen molar-refractivity contribution in [2.75, 3.05) is 47.7 Å². The van der Waals surface area contributed by atoms with Gasteiger partial charge in [0.2, 0.25) is 0 Å². The molecule has 4 saturated heterocycles. The molecule has 132 heavy (non-hydrogen) atoms. The number of nitrogens with zero attached hydrogens (tertiary/aromatic N) is 2. The van der Waals surface area contributed by atoms with E-state index in [9.17, 15) is 101 Å². The molecule has 0 spiro atoms. The van der Waals surface area contributed by atoms with Crippen LogP contribution in [0.4, 0.5) is 22.7 Å². The number of fused-ring (bicyclic) bond motifs is 8. The van der Waals surface area contributed by atoms with E-state index >= 15 is 0 Å². The third kappa shape index (κ3) is 19.3. The molecule has 32 heteroatoms. The van der Waals surface area contributed by atoms with E-state index in [4.69, 9.17) is 28.9 Å². The van der Waals surface area contributed by atoms with Crippen LogP contribution in [0.1, 0.15) is 86.5 Å². The molecule has 0 radical (unpaired) electrons. The minimum absolute atomic E-state index is 0.123. The van der Waals surface area contributed by atoms with Crippen LogP contribution in [-0.4, -0.2) is 274 Å². The number of aliphatic hydroxyl groups is 16. The zero-order chi connectivity index (χ0) is 92.4. The highest BCUT2D eigenvalue weighted by Crippen LogP contribution is 2.41. The molecule has 4 fully saturated rings. The second-order valence-corrected chi connectivity index (χ2v) is 33.7. The predicted molar refractivity (Wildman–Crippen MR) is 488 cm³/mol. The van der Waals surface area contributed by atoms with Crippen LogP contribution in [-0.2, 0) is 44.6 Å². The summed E-state index contributed by atoms with van der Waals surface area (Å²) in [6.45, 7) is -2.28. The molecule has 6 aliphatic heterocycles. The Kier molecular flexibility index (Phi) is 27.3. The Hall–Kier alpha value is -12.6. The first-order valence-corrected chi connectivity index (χ1v) is 43.2. The highest BCUT2D eigenvalue weighted by atomic mass is 16.6. The second kappa shape index (κ2) is 39.5. The number of ether oxygens (including phenoxy) is 4. The van der Waals surface area contributed by atoms with Crippen molar-refractivity contribution in [2.24, 2.45) is 0 Å². The molecule has 11 aromatic rings. The number of aromatic amines is 2. The summed E-state index contributed by atoms with van der Waals surface area (Å²) in [7, 11) is 0. The maximum Gasteiger partial charge on any atom is 0.255 e. The lowest BCUT2D eigenvalue weighted by atomic mass is 9.91. The molecule has 3 aromatic heterocycles. The highest BCUT2D eigenvalue weighted by molar-refractivity contribution is 6.08. The molecule has 0 saturated carbocycles. The van der Waals surface area contributed by atoms with Gasteiger partial charge < -0.3 is 132 Å². The summed E-state index contributed by atoms with van der Waals surface area (Å²) in [5.41, 5.74) is 14.8. The summed E-state index contributed by atoms with van der Waals surface area (Å²) >= 11 is 0. The van der Waals surface area contributed by atoms with Crippen LogP contribution in [0.5, 0.6) is 0 Å². The number of carbonyl (C=O) groups is 4. The average Bonchev–Trinajstić information content (AvgIpc) is 1.60. The zero-order valence-corrected chi connectivity index (χ0v) is 70.6. The summed E-state index contributed by atoms with van der Waals surface area (Å²) in [5, 5.41) is 177. The van der Waals surface area contributed by atoms with Crippen molar-refractivity contribution in [3.8, 4) is 44.5 Å². The standard InChI is InChI=1S/C100H98N8O24/c109-45-77-89(117)93(121)85(113)73(129-77)41-49-1-25-61(26-2-49)101-97(125)57-17-9-53(10-18-57)81-65-33-35-67(105-65)82(54-11-19-58(20-12-54)98(126)102-62-27-3-50(4-28-62)42-74-86(114)94(122)90(118)78(46-110)130-74)69-37-39-71(107-69)84(56-15-23-60(24-16-56)100(128)104-64-31-7-52(8-32-64)44-76-88(116)96(124)92(120)80(48-112)132-76)72-40-38-70(108-72)83(68-36-34-66(81)106-68)55-13-21-59(22-14-55)99(127)103-63-29-5-51(6-30-63)43-75-87(115)95(123)91(119)79(47-111)131-75/h1-40,73-80,85-96,105,108-124H,41-48H2,(H,101,125)(H,102,126)(H,103,127)(H,104,128)/t73-,74-,75-,76-,77+,78+,79+,80+,85-,86-,87-,88-,89-,90-,91-,92-,93+,94+,95+,96+/m0/s1. The van der Waals surface area contributed by atoms with Crippen molar-refractivity contribution in [3.63, 3.8) is 0 Å². The van der Waals surface area contributed by atoms with Gasteiger partial charge in [-0.05, 0) is 190 Å². The number of carbonyl (C=O) groups excluding carboxylic acids is 4. The van der Waals surface area contributed by atoms with Crippen LogP contribution < -0.4 is 21.3 Å². The summed E-state index contributed by atoms with van der Waals surface area (Å²) < 4.78 is 23.0. The molecule has 0 aliphatic carbocycles. The molecule has 682 valence electrons. The van der Waals surface area contributed by atoms with Crippen LogP contribution in [0, 0.1) is 0 Å². The molecule has 9 heterocycles. The topological polar surface area (TPSA) is 534 Å². The summed E-state index contributed by atoms with van der Waals surface area (Å²) in [4.78, 5) is 75.4. The smallest absolute Gasteiger partial charge is 0.255 e. The fraction of sp³-hybridized carbons (Fsp3) is 0.280. The van der Waals surface area contributed by atoms with Gasteiger partial charge in [-0.1, -0.05) is 97.1 Å².